The van der Waals surface area contributed by atoms with Crippen molar-refractivity contribution in [3.63, 3.8) is 0 Å². The number of esters is 4. The van der Waals surface area contributed by atoms with Gasteiger partial charge in [-0.15, -0.1) is 0 Å². The highest BCUT2D eigenvalue weighted by Gasteiger charge is 2.30. The van der Waals surface area contributed by atoms with Gasteiger partial charge in [-0.1, -0.05) is 312 Å². The molecule has 0 saturated heterocycles. The Kier molecular flexibility index (Phi) is 61.3. The third-order valence-electron chi connectivity index (χ3n) is 17.5. The molecule has 546 valence electrons. The molecular weight excluding hydrogens is 1210 g/mol. The van der Waals surface area contributed by atoms with Crippen molar-refractivity contribution in [3.8, 4) is 0 Å². The van der Waals surface area contributed by atoms with Gasteiger partial charge >= 0.3 is 39.5 Å². The molecule has 0 amide bonds. The maximum Gasteiger partial charge on any atom is 0.472 e. The van der Waals surface area contributed by atoms with Crippen LogP contribution >= 0.6 is 15.6 Å². The summed E-state index contributed by atoms with van der Waals surface area (Å²) in [5.41, 5.74) is 0. The maximum absolute atomic E-state index is 13.0. The van der Waals surface area contributed by atoms with Crippen LogP contribution in [0.4, 0.5) is 0 Å². The number of ether oxygens (including phenoxy) is 4. The third-order valence-corrected chi connectivity index (χ3v) is 19.4. The van der Waals surface area contributed by atoms with Crippen LogP contribution < -0.4 is 0 Å². The van der Waals surface area contributed by atoms with E-state index in [2.05, 4.69) is 55.4 Å². The van der Waals surface area contributed by atoms with Crippen molar-refractivity contribution in [1.29, 1.82) is 0 Å². The maximum atomic E-state index is 13.0. The molecule has 4 unspecified atom stereocenters. The van der Waals surface area contributed by atoms with Crippen LogP contribution in [-0.4, -0.2) is 96.7 Å². The van der Waals surface area contributed by atoms with Crippen molar-refractivity contribution in [2.75, 3.05) is 39.6 Å². The lowest BCUT2D eigenvalue weighted by Crippen LogP contribution is -2.30. The summed E-state index contributed by atoms with van der Waals surface area (Å²) < 4.78 is 68.3. The van der Waals surface area contributed by atoms with Gasteiger partial charge in [0.2, 0.25) is 0 Å². The number of aliphatic hydroxyl groups is 1. The molecule has 3 N–H and O–H groups in total. The molecule has 0 rings (SSSR count). The van der Waals surface area contributed by atoms with E-state index in [4.69, 9.17) is 37.0 Å². The number of hydrogen-bond acceptors (Lipinski definition) is 15. The van der Waals surface area contributed by atoms with Crippen LogP contribution in [0.1, 0.15) is 364 Å². The van der Waals surface area contributed by atoms with E-state index >= 15 is 0 Å². The summed E-state index contributed by atoms with van der Waals surface area (Å²) in [5, 5.41) is 10.6. The average Bonchev–Trinajstić information content (AvgIpc) is 3.70. The lowest BCUT2D eigenvalue weighted by atomic mass is 9.99. The number of phosphoric ester groups is 2. The van der Waals surface area contributed by atoms with Crippen molar-refractivity contribution in [3.05, 3.63) is 0 Å². The van der Waals surface area contributed by atoms with E-state index in [1.165, 1.54) is 154 Å². The predicted molar refractivity (Wildman–Crippen MR) is 372 cm³/mol. The van der Waals surface area contributed by atoms with E-state index in [9.17, 15) is 43.2 Å². The van der Waals surface area contributed by atoms with E-state index in [-0.39, 0.29) is 25.7 Å². The normalized spacial score (nSPS) is 14.8. The fourth-order valence-electron chi connectivity index (χ4n) is 11.0. The second-order valence-electron chi connectivity index (χ2n) is 27.8. The largest absolute Gasteiger partial charge is 0.472 e. The minimum Gasteiger partial charge on any atom is -0.462 e. The molecule has 0 aromatic heterocycles. The van der Waals surface area contributed by atoms with E-state index in [1.54, 1.807) is 0 Å². The number of hydrogen-bond donors (Lipinski definition) is 3. The van der Waals surface area contributed by atoms with Crippen LogP contribution in [0.25, 0.3) is 0 Å². The summed E-state index contributed by atoms with van der Waals surface area (Å²) in [4.78, 5) is 72.6. The molecule has 0 aromatic carbocycles. The van der Waals surface area contributed by atoms with E-state index < -0.39 is 97.5 Å². The van der Waals surface area contributed by atoms with Gasteiger partial charge in [0.05, 0.1) is 26.4 Å². The average molecular weight is 1350 g/mol. The Morgan fingerprint density at radius 2 is 0.522 bits per heavy atom. The second-order valence-corrected chi connectivity index (χ2v) is 30.7. The van der Waals surface area contributed by atoms with Crippen LogP contribution in [-0.2, 0) is 65.4 Å². The Labute approximate surface area is 562 Å². The minimum absolute atomic E-state index is 0.105. The van der Waals surface area contributed by atoms with E-state index in [0.717, 1.165) is 120 Å². The number of carbonyl (C=O) groups excluding carboxylic acids is 4. The fraction of sp³-hybridized carbons (Fsp3) is 0.945. The lowest BCUT2D eigenvalue weighted by Gasteiger charge is -2.21. The van der Waals surface area contributed by atoms with E-state index in [1.807, 2.05) is 0 Å². The van der Waals surface area contributed by atoms with Crippen LogP contribution in [0, 0.1) is 23.7 Å². The molecule has 19 heteroatoms. The van der Waals surface area contributed by atoms with Crippen molar-refractivity contribution < 1.29 is 80.2 Å². The molecule has 7 atom stereocenters. The zero-order chi connectivity index (χ0) is 68.2. The standard InChI is InChI=1S/C73H142O17P2/c1-9-65(7)51-43-35-26-22-19-20-24-28-40-48-56-73(78)89-68(59-83-70(75)53-45-37-31-29-34-42-50-64(5)6)61-87-91(79,80)85-57-67(74)58-86-92(81,82)88-62-69(60-84-71(76)54-46-38-32-30-36-44-52-66(8)10-2)90-72(77)55-47-39-27-23-18-16-14-12-11-13-15-17-21-25-33-41-49-63(3)4/h63-69,74H,9-62H2,1-8H3,(H,79,80)(H,81,82)/t65?,66?,67-,68+,69+/m0/s1. The van der Waals surface area contributed by atoms with Crippen LogP contribution in [0.5, 0.6) is 0 Å². The fourth-order valence-corrected chi connectivity index (χ4v) is 12.5. The highest BCUT2D eigenvalue weighted by atomic mass is 31.2. The second kappa shape index (κ2) is 62.6. The Balaban J connectivity index is 5.20. The summed E-state index contributed by atoms with van der Waals surface area (Å²) in [6.45, 7) is 14.1. The van der Waals surface area contributed by atoms with Crippen LogP contribution in [0.2, 0.25) is 0 Å². The molecule has 0 aromatic rings. The first-order chi connectivity index (χ1) is 44.2. The Morgan fingerprint density at radius 1 is 0.304 bits per heavy atom. The molecule has 0 aliphatic heterocycles. The summed E-state index contributed by atoms with van der Waals surface area (Å²) in [7, 11) is -9.91. The summed E-state index contributed by atoms with van der Waals surface area (Å²) in [6.07, 6.45) is 46.0. The number of unbranched alkanes of at least 4 members (excludes halogenated alkanes) is 34. The monoisotopic (exact) mass is 1350 g/mol. The van der Waals surface area contributed by atoms with Gasteiger partial charge in [0.15, 0.2) is 12.2 Å². The Hall–Kier alpha value is -1.94. The summed E-state index contributed by atoms with van der Waals surface area (Å²) in [5.74, 6) is 0.894. The SMILES string of the molecule is CCC(C)CCCCCCCCCCCCC(=O)O[C@H](COC(=O)CCCCCCCCC(C)C)COP(=O)(O)OC[C@H](O)COP(=O)(O)OC[C@@H](COC(=O)CCCCCCCCC(C)CC)OC(=O)CCCCCCCCCCCCCCCCCCC(C)C. The van der Waals surface area contributed by atoms with Gasteiger partial charge in [0.25, 0.3) is 0 Å². The lowest BCUT2D eigenvalue weighted by molar-refractivity contribution is -0.161. The first-order valence-corrected chi connectivity index (χ1v) is 40.8. The first kappa shape index (κ1) is 90.1. The van der Waals surface area contributed by atoms with Crippen molar-refractivity contribution in [2.24, 2.45) is 23.7 Å². The molecule has 0 saturated carbocycles. The zero-order valence-corrected chi connectivity index (χ0v) is 62.0. The van der Waals surface area contributed by atoms with Gasteiger partial charge in [-0.3, -0.25) is 37.3 Å². The summed E-state index contributed by atoms with van der Waals surface area (Å²) in [6, 6.07) is 0. The highest BCUT2D eigenvalue weighted by Crippen LogP contribution is 2.45. The molecule has 0 fully saturated rings. The Morgan fingerprint density at radius 3 is 0.772 bits per heavy atom. The molecule has 0 heterocycles. The first-order valence-electron chi connectivity index (χ1n) is 37.8. The van der Waals surface area contributed by atoms with Gasteiger partial charge < -0.3 is 33.8 Å². The van der Waals surface area contributed by atoms with Gasteiger partial charge in [0, 0.05) is 25.7 Å². The number of carbonyl (C=O) groups is 4. The van der Waals surface area contributed by atoms with Crippen LogP contribution in [0.15, 0.2) is 0 Å². The van der Waals surface area contributed by atoms with Gasteiger partial charge in [-0.2, -0.15) is 0 Å². The van der Waals surface area contributed by atoms with Crippen molar-refractivity contribution >= 4 is 39.5 Å². The highest BCUT2D eigenvalue weighted by molar-refractivity contribution is 7.47. The molecular formula is C73H142O17P2. The van der Waals surface area contributed by atoms with Crippen LogP contribution in [0.3, 0.4) is 0 Å². The third kappa shape index (κ3) is 64.1. The minimum atomic E-state index is -4.95. The molecule has 0 aliphatic rings. The number of aliphatic hydroxyl groups excluding tert-OH is 1. The Bertz CT molecular complexity index is 1820. The zero-order valence-electron chi connectivity index (χ0n) is 60.2. The molecule has 92 heavy (non-hydrogen) atoms. The van der Waals surface area contributed by atoms with Gasteiger partial charge in [-0.05, 0) is 49.4 Å². The quantitative estimate of drug-likeness (QED) is 0.0222. The number of phosphoric acid groups is 2. The summed E-state index contributed by atoms with van der Waals surface area (Å²) >= 11 is 0. The van der Waals surface area contributed by atoms with Gasteiger partial charge in [-0.25, -0.2) is 9.13 Å². The predicted octanol–water partition coefficient (Wildman–Crippen LogP) is 20.9. The van der Waals surface area contributed by atoms with Crippen molar-refractivity contribution in [2.45, 2.75) is 382 Å². The molecule has 0 aliphatic carbocycles. The van der Waals surface area contributed by atoms with Gasteiger partial charge in [0.1, 0.15) is 19.3 Å². The van der Waals surface area contributed by atoms with E-state index in [0.29, 0.717) is 31.6 Å². The van der Waals surface area contributed by atoms with Crippen molar-refractivity contribution in [1.82, 2.24) is 0 Å². The molecule has 0 radical (unpaired) electrons. The topological polar surface area (TPSA) is 237 Å². The smallest absolute Gasteiger partial charge is 0.462 e. The number of rotatable bonds is 70. The molecule has 17 nitrogen and oxygen atoms in total. The molecule has 0 spiro atoms. The molecule has 0 bridgehead atoms.